The van der Waals surface area contributed by atoms with Crippen molar-refractivity contribution in [3.05, 3.63) is 23.9 Å². The zero-order valence-corrected chi connectivity index (χ0v) is 11.5. The van der Waals surface area contributed by atoms with Gasteiger partial charge in [-0.3, -0.25) is 0 Å². The van der Waals surface area contributed by atoms with Crippen molar-refractivity contribution in [1.29, 1.82) is 0 Å². The molecule has 2 N–H and O–H groups in total. The molecule has 0 aromatic carbocycles. The number of rotatable bonds is 1. The normalized spacial score (nSPS) is 40.1. The molecule has 20 heavy (non-hydrogen) atoms. The van der Waals surface area contributed by atoms with Gasteiger partial charge in [0.1, 0.15) is 11.4 Å². The summed E-state index contributed by atoms with van der Waals surface area (Å²) >= 11 is 0. The number of carbonyl (C=O) groups is 1. The second-order valence-electron chi connectivity index (χ2n) is 5.11. The smallest absolute Gasteiger partial charge is 0.410 e. The van der Waals surface area contributed by atoms with E-state index in [1.54, 1.807) is 0 Å². The fourth-order valence-electron chi connectivity index (χ4n) is 1.42. The molecule has 0 bridgehead atoms. The summed E-state index contributed by atoms with van der Waals surface area (Å²) in [5.74, 6) is -3.37. The van der Waals surface area contributed by atoms with Crippen LogP contribution in [0.2, 0.25) is 0 Å². The first kappa shape index (κ1) is 6.78. The van der Waals surface area contributed by atoms with E-state index in [9.17, 15) is 4.79 Å². The van der Waals surface area contributed by atoms with Crippen molar-refractivity contribution in [3.8, 4) is 0 Å². The first-order chi connectivity index (χ1) is 12.7. The van der Waals surface area contributed by atoms with Crippen LogP contribution in [0.5, 0.6) is 0 Å². The van der Waals surface area contributed by atoms with Gasteiger partial charge in [0.05, 0.1) is 2.74 Å². The first-order valence-electron chi connectivity index (χ1n) is 10.5. The van der Waals surface area contributed by atoms with E-state index in [1.807, 2.05) is 0 Å². The molecule has 0 spiro atoms. The molecule has 1 unspecified atom stereocenters. The number of piperidine rings is 1. The Bertz CT molecular complexity index is 825. The Hall–Kier alpha value is -1.78. The van der Waals surface area contributed by atoms with E-state index >= 15 is 0 Å². The minimum Gasteiger partial charge on any atom is -0.444 e. The van der Waals surface area contributed by atoms with Crippen LogP contribution in [0, 0.1) is 0 Å². The molecule has 2 heterocycles. The number of amides is 1. The van der Waals surface area contributed by atoms with Gasteiger partial charge in [-0.05, 0) is 45.6 Å². The highest BCUT2D eigenvalue weighted by Crippen LogP contribution is 2.27. The lowest BCUT2D eigenvalue weighted by molar-refractivity contribution is 0.0197. The largest absolute Gasteiger partial charge is 0.444 e. The monoisotopic (exact) mass is 286 g/mol. The topological polar surface area (TPSA) is 68.5 Å². The quantitative estimate of drug-likeness (QED) is 0.862. The number of aromatic nitrogens is 1. The van der Waals surface area contributed by atoms with E-state index in [0.717, 1.165) is 6.07 Å². The highest BCUT2D eigenvalue weighted by atomic mass is 16.6. The molecule has 1 aromatic rings. The lowest BCUT2D eigenvalue weighted by atomic mass is 9.94. The van der Waals surface area contributed by atoms with Gasteiger partial charge in [-0.15, -0.1) is 0 Å². The van der Waals surface area contributed by atoms with E-state index < -0.39 is 49.0 Å². The average molecular weight is 286 g/mol. The molecular weight excluding hydrogens is 254 g/mol. The SMILES string of the molecule is [2H]C1([2H])N(C(=O)OC(C)(C)C)C([2H])([2H])C([2H])(c2cccc(N)n2)C([2H])([2H])C1([2H])[2H]. The molecule has 0 saturated carbocycles. The fourth-order valence-corrected chi connectivity index (χ4v) is 1.42. The molecule has 1 aliphatic rings. The van der Waals surface area contributed by atoms with Crippen molar-refractivity contribution in [2.45, 2.75) is 45.0 Å². The number of hydrogen-bond donors (Lipinski definition) is 1. The second kappa shape index (κ2) is 5.69. The third kappa shape index (κ3) is 3.85. The highest BCUT2D eigenvalue weighted by molar-refractivity contribution is 5.68. The number of likely N-dealkylation sites (tertiary alicyclic amines) is 1. The second-order valence-corrected chi connectivity index (χ2v) is 5.11. The van der Waals surface area contributed by atoms with Crippen molar-refractivity contribution >= 4 is 11.9 Å². The summed E-state index contributed by atoms with van der Waals surface area (Å²) in [6.07, 6.45) is -8.59. The van der Waals surface area contributed by atoms with Gasteiger partial charge in [0, 0.05) is 34.2 Å². The number of hydrogen-bond acceptors (Lipinski definition) is 4. The van der Waals surface area contributed by atoms with Gasteiger partial charge in [0.25, 0.3) is 0 Å². The predicted octanol–water partition coefficient (Wildman–Crippen LogP) is 2.78. The van der Waals surface area contributed by atoms with Crippen LogP contribution < -0.4 is 5.73 Å². The minimum atomic E-state index is -3.53. The van der Waals surface area contributed by atoms with E-state index in [4.69, 9.17) is 22.8 Å². The van der Waals surface area contributed by atoms with Crippen LogP contribution in [0.15, 0.2) is 18.2 Å². The first-order valence-corrected chi connectivity index (χ1v) is 6.01. The Morgan fingerprint density at radius 1 is 1.60 bits per heavy atom. The maximum atomic E-state index is 12.7. The molecule has 1 amide bonds. The van der Waals surface area contributed by atoms with Gasteiger partial charge in [0.15, 0.2) is 0 Å². The number of ether oxygens (including phenoxy) is 1. The van der Waals surface area contributed by atoms with Gasteiger partial charge >= 0.3 is 6.09 Å². The predicted molar refractivity (Wildman–Crippen MR) is 78.4 cm³/mol. The molecule has 5 heteroatoms. The molecule has 0 radical (unpaired) electrons. The maximum absolute atomic E-state index is 12.7. The lowest BCUT2D eigenvalue weighted by Crippen LogP contribution is -2.42. The van der Waals surface area contributed by atoms with Crippen LogP contribution in [0.1, 0.15) is 57.4 Å². The average Bonchev–Trinajstić information content (AvgIpc) is 2.50. The number of anilines is 1. The van der Waals surface area contributed by atoms with E-state index in [2.05, 4.69) is 4.98 Å². The molecule has 1 fully saturated rings. The Morgan fingerprint density at radius 3 is 3.00 bits per heavy atom. The van der Waals surface area contributed by atoms with Crippen LogP contribution in [0.3, 0.4) is 0 Å². The summed E-state index contributed by atoms with van der Waals surface area (Å²) in [5, 5.41) is 0. The molecule has 1 aliphatic heterocycles. The number of nitrogen functional groups attached to an aromatic ring is 1. The summed E-state index contributed by atoms with van der Waals surface area (Å²) < 4.78 is 79.8. The summed E-state index contributed by atoms with van der Waals surface area (Å²) in [7, 11) is 0. The molecule has 1 atom stereocenters. The number of pyridine rings is 1. The summed E-state index contributed by atoms with van der Waals surface area (Å²) in [5.41, 5.74) is 3.80. The van der Waals surface area contributed by atoms with E-state index in [0.29, 0.717) is 0 Å². The molecule has 1 aromatic heterocycles. The highest BCUT2D eigenvalue weighted by Gasteiger charge is 2.28. The van der Waals surface area contributed by atoms with E-state index in [1.165, 1.54) is 32.9 Å². The number of nitrogens with two attached hydrogens (primary N) is 1. The van der Waals surface area contributed by atoms with Crippen molar-refractivity contribution in [2.75, 3.05) is 18.7 Å². The summed E-state index contributed by atoms with van der Waals surface area (Å²) in [6, 6.07) is 3.65. The molecule has 2 rings (SSSR count). The van der Waals surface area contributed by atoms with Crippen molar-refractivity contribution in [2.24, 2.45) is 0 Å². The Kier molecular flexibility index (Phi) is 1.93. The molecule has 5 nitrogen and oxygen atoms in total. The van der Waals surface area contributed by atoms with Crippen LogP contribution in [-0.4, -0.2) is 34.6 Å². The van der Waals surface area contributed by atoms with Crippen molar-refractivity contribution < 1.29 is 21.9 Å². The third-order valence-corrected chi connectivity index (χ3v) is 2.18. The Balaban J connectivity index is 2.86. The molecule has 110 valence electrons. The maximum Gasteiger partial charge on any atom is 0.410 e. The standard InChI is InChI=1S/C15H23N3O2/c1-15(2,3)20-14(19)18-9-5-6-11(10-18)12-7-4-8-13(16)17-12/h4,7-8,11H,5-6,9-10H2,1-3H3,(H2,16,17)/i5D2,6D2,9D2,10D2,11D. The molecule has 0 aliphatic carbocycles. The third-order valence-electron chi connectivity index (χ3n) is 2.18. The lowest BCUT2D eigenvalue weighted by Gasteiger charge is -2.33. The van der Waals surface area contributed by atoms with Gasteiger partial charge < -0.3 is 15.4 Å². The Labute approximate surface area is 132 Å². The van der Waals surface area contributed by atoms with Crippen molar-refractivity contribution in [1.82, 2.24) is 9.88 Å². The number of nitrogens with zero attached hydrogens (tertiary/aromatic N) is 2. The van der Waals surface area contributed by atoms with Crippen molar-refractivity contribution in [3.63, 3.8) is 0 Å². The fraction of sp³-hybridized carbons (Fsp3) is 0.600. The van der Waals surface area contributed by atoms with Gasteiger partial charge in [-0.2, -0.15) is 0 Å². The number of carbonyl (C=O) groups excluding carboxylic acids is 1. The molecular formula is C15H23N3O2. The summed E-state index contributed by atoms with van der Waals surface area (Å²) in [6.45, 7) is -2.59. The van der Waals surface area contributed by atoms with Gasteiger partial charge in [0.2, 0.25) is 0 Å². The van der Waals surface area contributed by atoms with E-state index in [-0.39, 0.29) is 10.7 Å². The Morgan fingerprint density at radius 2 is 2.35 bits per heavy atom. The van der Waals surface area contributed by atoms with Crippen LogP contribution in [-0.2, 0) is 4.74 Å². The van der Waals surface area contributed by atoms with Gasteiger partial charge in [-0.25, -0.2) is 9.78 Å². The zero-order valence-electron chi connectivity index (χ0n) is 20.5. The van der Waals surface area contributed by atoms with Crippen LogP contribution >= 0.6 is 0 Å². The van der Waals surface area contributed by atoms with Gasteiger partial charge in [-0.1, -0.05) is 6.07 Å². The molecule has 1 saturated heterocycles. The zero-order chi connectivity index (χ0) is 22.8. The summed E-state index contributed by atoms with van der Waals surface area (Å²) in [4.78, 5) is 16.3. The van der Waals surface area contributed by atoms with Crippen LogP contribution in [0.4, 0.5) is 10.6 Å². The minimum absolute atomic E-state index is 0.182. The van der Waals surface area contributed by atoms with Crippen LogP contribution in [0.25, 0.3) is 0 Å².